The Morgan fingerprint density at radius 3 is 3.12 bits per heavy atom. The third-order valence-corrected chi connectivity index (χ3v) is 4.01. The molecule has 0 aliphatic carbocycles. The number of carbonyl (C=O) groups is 1. The van der Waals surface area contributed by atoms with E-state index in [1.165, 1.54) is 27.9 Å². The third-order valence-electron chi connectivity index (χ3n) is 1.73. The number of carboxylic acid groups (broad SMARTS) is 1. The summed E-state index contributed by atoms with van der Waals surface area (Å²) in [6, 6.07) is 0. The number of rotatable bonds is 5. The molecule has 0 saturated carbocycles. The van der Waals surface area contributed by atoms with Gasteiger partial charge in [0.05, 0.1) is 12.7 Å². The van der Waals surface area contributed by atoms with Crippen LogP contribution in [0.25, 0.3) is 11.2 Å². The molecule has 0 aliphatic heterocycles. The van der Waals surface area contributed by atoms with Crippen LogP contribution in [0.3, 0.4) is 0 Å². The monoisotopic (exact) mass is 256 g/mol. The summed E-state index contributed by atoms with van der Waals surface area (Å²) in [6.07, 6.45) is 3.16. The molecule has 8 heteroatoms. The van der Waals surface area contributed by atoms with Crippen LogP contribution >= 0.6 is 21.6 Å². The number of nitrogens with one attached hydrogen (secondary N) is 1. The van der Waals surface area contributed by atoms with Gasteiger partial charge in [-0.25, -0.2) is 15.0 Å². The zero-order chi connectivity index (χ0) is 11.4. The van der Waals surface area contributed by atoms with Crippen molar-refractivity contribution in [3.05, 3.63) is 12.7 Å². The van der Waals surface area contributed by atoms with E-state index in [1.807, 2.05) is 0 Å². The van der Waals surface area contributed by atoms with Crippen LogP contribution in [0, 0.1) is 0 Å². The molecule has 84 valence electrons. The molecule has 0 unspecified atom stereocenters. The second-order valence-electron chi connectivity index (χ2n) is 2.83. The first-order valence-electron chi connectivity index (χ1n) is 4.42. The highest BCUT2D eigenvalue weighted by molar-refractivity contribution is 8.76. The largest absolute Gasteiger partial charge is 0.481 e. The van der Waals surface area contributed by atoms with E-state index in [0.717, 1.165) is 10.5 Å². The van der Waals surface area contributed by atoms with Crippen molar-refractivity contribution in [2.75, 3.05) is 5.75 Å². The van der Waals surface area contributed by atoms with Gasteiger partial charge in [0, 0.05) is 5.75 Å². The lowest BCUT2D eigenvalue weighted by atomic mass is 10.5. The molecule has 6 nitrogen and oxygen atoms in total. The zero-order valence-electron chi connectivity index (χ0n) is 8.08. The smallest absolute Gasteiger partial charge is 0.304 e. The Morgan fingerprint density at radius 2 is 2.31 bits per heavy atom. The Hall–Kier alpha value is -1.28. The number of imidazole rings is 1. The average molecular weight is 256 g/mol. The van der Waals surface area contributed by atoms with Gasteiger partial charge in [-0.05, 0) is 10.8 Å². The molecule has 0 saturated heterocycles. The van der Waals surface area contributed by atoms with Crippen molar-refractivity contribution < 1.29 is 9.90 Å². The van der Waals surface area contributed by atoms with Gasteiger partial charge in [0.15, 0.2) is 5.65 Å². The molecule has 2 rings (SSSR count). The fraction of sp³-hybridized carbons (Fsp3) is 0.250. The molecule has 2 aromatic rings. The number of carboxylic acids is 1. The van der Waals surface area contributed by atoms with Gasteiger partial charge in [0.1, 0.15) is 16.9 Å². The number of aliphatic carboxylic acids is 1. The zero-order valence-corrected chi connectivity index (χ0v) is 9.72. The van der Waals surface area contributed by atoms with Crippen molar-refractivity contribution in [1.29, 1.82) is 0 Å². The number of aromatic amines is 1. The summed E-state index contributed by atoms with van der Waals surface area (Å²) < 4.78 is 0. The number of aromatic nitrogens is 4. The summed E-state index contributed by atoms with van der Waals surface area (Å²) in [4.78, 5) is 25.4. The highest BCUT2D eigenvalue weighted by atomic mass is 33.1. The van der Waals surface area contributed by atoms with Crippen LogP contribution in [-0.2, 0) is 4.79 Å². The third kappa shape index (κ3) is 2.64. The quantitative estimate of drug-likeness (QED) is 0.476. The van der Waals surface area contributed by atoms with Crippen LogP contribution in [0.2, 0.25) is 0 Å². The molecule has 0 atom stereocenters. The maximum absolute atomic E-state index is 10.3. The standard InChI is InChI=1S/C8H8N4O2S2/c13-5(14)1-2-15-16-8-6-7(10-3-9-6)11-4-12-8/h3-4H,1-2H2,(H,13,14)(H,9,10,11,12). The molecule has 0 bridgehead atoms. The van der Waals surface area contributed by atoms with Gasteiger partial charge in [-0.1, -0.05) is 10.8 Å². The predicted molar refractivity (Wildman–Crippen MR) is 62.3 cm³/mol. The minimum absolute atomic E-state index is 0.148. The molecular formula is C8H8N4O2S2. The number of nitrogens with zero attached hydrogens (tertiary/aromatic N) is 3. The van der Waals surface area contributed by atoms with E-state index in [4.69, 9.17) is 5.11 Å². The summed E-state index contributed by atoms with van der Waals surface area (Å²) in [7, 11) is 2.88. The molecule has 2 aromatic heterocycles. The molecule has 16 heavy (non-hydrogen) atoms. The second kappa shape index (κ2) is 5.17. The molecule has 0 radical (unpaired) electrons. The van der Waals surface area contributed by atoms with E-state index in [-0.39, 0.29) is 6.42 Å². The van der Waals surface area contributed by atoms with E-state index >= 15 is 0 Å². The maximum atomic E-state index is 10.3. The Balaban J connectivity index is 1.98. The van der Waals surface area contributed by atoms with Crippen molar-refractivity contribution >= 4 is 38.7 Å². The topological polar surface area (TPSA) is 91.8 Å². The SMILES string of the molecule is O=C(O)CCSSc1ncnc2nc[nH]c12. The number of H-pyrrole nitrogens is 1. The predicted octanol–water partition coefficient (Wildman–Crippen LogP) is 1.57. The van der Waals surface area contributed by atoms with Crippen molar-refractivity contribution in [2.24, 2.45) is 0 Å². The molecule has 0 spiro atoms. The van der Waals surface area contributed by atoms with Gasteiger partial charge in [0.2, 0.25) is 0 Å². The van der Waals surface area contributed by atoms with Crippen molar-refractivity contribution in [2.45, 2.75) is 11.4 Å². The number of fused-ring (bicyclic) bond motifs is 1. The first-order chi connectivity index (χ1) is 7.77. The summed E-state index contributed by atoms with van der Waals surface area (Å²) in [5.41, 5.74) is 1.41. The Bertz CT molecular complexity index is 501. The molecule has 2 N–H and O–H groups in total. The second-order valence-corrected chi connectivity index (χ2v) is 5.23. The number of hydrogen-bond donors (Lipinski definition) is 2. The van der Waals surface area contributed by atoms with Gasteiger partial charge in [0.25, 0.3) is 0 Å². The molecule has 0 amide bonds. The van der Waals surface area contributed by atoms with Gasteiger partial charge in [-0.2, -0.15) is 0 Å². The van der Waals surface area contributed by atoms with Gasteiger partial charge in [-0.15, -0.1) is 0 Å². The Labute approximate surface area is 98.7 Å². The summed E-state index contributed by atoms with van der Waals surface area (Å²) in [5.74, 6) is -0.248. The van der Waals surface area contributed by atoms with Crippen LogP contribution in [-0.4, -0.2) is 36.8 Å². The van der Waals surface area contributed by atoms with Crippen molar-refractivity contribution in [1.82, 2.24) is 19.9 Å². The van der Waals surface area contributed by atoms with Crippen molar-refractivity contribution in [3.8, 4) is 0 Å². The molecular weight excluding hydrogens is 248 g/mol. The normalized spacial score (nSPS) is 10.8. The first-order valence-corrected chi connectivity index (χ1v) is 6.74. The minimum Gasteiger partial charge on any atom is -0.481 e. The minimum atomic E-state index is -0.789. The van der Waals surface area contributed by atoms with Crippen molar-refractivity contribution in [3.63, 3.8) is 0 Å². The first kappa shape index (κ1) is 11.2. The highest BCUT2D eigenvalue weighted by Crippen LogP contribution is 2.32. The van der Waals surface area contributed by atoms with E-state index in [9.17, 15) is 4.79 Å². The maximum Gasteiger partial charge on any atom is 0.304 e. The van der Waals surface area contributed by atoms with Gasteiger partial charge >= 0.3 is 5.97 Å². The lowest BCUT2D eigenvalue weighted by Gasteiger charge is -1.99. The lowest BCUT2D eigenvalue weighted by molar-refractivity contribution is -0.136. The Kier molecular flexibility index (Phi) is 3.62. The van der Waals surface area contributed by atoms with E-state index in [2.05, 4.69) is 19.9 Å². The summed E-state index contributed by atoms with van der Waals surface area (Å²) in [5, 5.41) is 9.26. The van der Waals surface area contributed by atoms with Crippen LogP contribution in [0.15, 0.2) is 17.7 Å². The van der Waals surface area contributed by atoms with E-state index in [1.54, 1.807) is 6.33 Å². The highest BCUT2D eigenvalue weighted by Gasteiger charge is 2.06. The molecule has 0 fully saturated rings. The Morgan fingerprint density at radius 1 is 1.44 bits per heavy atom. The van der Waals surface area contributed by atoms with Crippen LogP contribution in [0.4, 0.5) is 0 Å². The van der Waals surface area contributed by atoms with Crippen LogP contribution in [0.1, 0.15) is 6.42 Å². The van der Waals surface area contributed by atoms with E-state index < -0.39 is 5.97 Å². The fourth-order valence-corrected chi connectivity index (χ4v) is 3.02. The summed E-state index contributed by atoms with van der Waals surface area (Å²) >= 11 is 0. The van der Waals surface area contributed by atoms with Crippen LogP contribution in [0.5, 0.6) is 0 Å². The van der Waals surface area contributed by atoms with Crippen LogP contribution < -0.4 is 0 Å². The van der Waals surface area contributed by atoms with Gasteiger partial charge < -0.3 is 10.1 Å². The number of hydrogen-bond acceptors (Lipinski definition) is 6. The molecule has 0 aliphatic rings. The summed E-state index contributed by atoms with van der Waals surface area (Å²) in [6.45, 7) is 0. The van der Waals surface area contributed by atoms with Gasteiger partial charge in [-0.3, -0.25) is 4.79 Å². The lowest BCUT2D eigenvalue weighted by Crippen LogP contribution is -1.94. The fourth-order valence-electron chi connectivity index (χ4n) is 1.03. The average Bonchev–Trinajstić information content (AvgIpc) is 2.72. The van der Waals surface area contributed by atoms with E-state index in [0.29, 0.717) is 11.4 Å². The molecule has 0 aromatic carbocycles. The molecule has 2 heterocycles.